The van der Waals surface area contributed by atoms with E-state index in [0.29, 0.717) is 5.75 Å². The zero-order valence-corrected chi connectivity index (χ0v) is 16.1. The lowest BCUT2D eigenvalue weighted by atomic mass is 10.1. The number of pyridine rings is 1. The first kappa shape index (κ1) is 17.2. The molecule has 3 aromatic heterocycles. The SMILES string of the molecule is Cc1cn(-c2ccc(-c3csc(Nc4cc(C)c(O)cc4C)n3)cn2)cn1. The van der Waals surface area contributed by atoms with Gasteiger partial charge >= 0.3 is 0 Å². The van der Waals surface area contributed by atoms with Gasteiger partial charge in [-0.2, -0.15) is 0 Å². The Labute approximate surface area is 161 Å². The molecule has 4 aromatic rings. The first-order chi connectivity index (χ1) is 13.0. The third kappa shape index (κ3) is 3.54. The van der Waals surface area contributed by atoms with Gasteiger partial charge < -0.3 is 10.4 Å². The number of hydrogen-bond donors (Lipinski definition) is 2. The van der Waals surface area contributed by atoms with Crippen LogP contribution in [0.15, 0.2) is 48.4 Å². The van der Waals surface area contributed by atoms with Crippen LogP contribution in [0.5, 0.6) is 5.75 Å². The molecule has 0 bridgehead atoms. The fourth-order valence-corrected chi connectivity index (χ4v) is 3.48. The number of hydrogen-bond acceptors (Lipinski definition) is 6. The summed E-state index contributed by atoms with van der Waals surface area (Å²) in [7, 11) is 0. The second kappa shape index (κ2) is 6.85. The maximum atomic E-state index is 9.80. The van der Waals surface area contributed by atoms with E-state index in [0.717, 1.165) is 44.7 Å². The van der Waals surface area contributed by atoms with Crippen molar-refractivity contribution >= 4 is 22.2 Å². The number of imidazole rings is 1. The molecule has 0 aliphatic carbocycles. The summed E-state index contributed by atoms with van der Waals surface area (Å²) in [5.74, 6) is 1.13. The molecule has 3 heterocycles. The normalized spacial score (nSPS) is 10.9. The van der Waals surface area contributed by atoms with Crippen LogP contribution < -0.4 is 5.32 Å². The van der Waals surface area contributed by atoms with Gasteiger partial charge in [-0.25, -0.2) is 15.0 Å². The third-order valence-corrected chi connectivity index (χ3v) is 5.07. The molecule has 0 fully saturated rings. The lowest BCUT2D eigenvalue weighted by molar-refractivity contribution is 0.471. The average Bonchev–Trinajstić information content (AvgIpc) is 3.29. The van der Waals surface area contributed by atoms with E-state index in [1.54, 1.807) is 12.4 Å². The Morgan fingerprint density at radius 3 is 2.63 bits per heavy atom. The number of aromatic nitrogens is 4. The van der Waals surface area contributed by atoms with Crippen molar-refractivity contribution in [1.29, 1.82) is 0 Å². The van der Waals surface area contributed by atoms with E-state index >= 15 is 0 Å². The van der Waals surface area contributed by atoms with Crippen LogP contribution in [0.3, 0.4) is 0 Å². The summed E-state index contributed by atoms with van der Waals surface area (Å²) in [6, 6.07) is 7.64. The van der Waals surface area contributed by atoms with Gasteiger partial charge in [-0.3, -0.25) is 4.57 Å². The van der Waals surface area contributed by atoms with Crippen LogP contribution in [0.1, 0.15) is 16.8 Å². The van der Waals surface area contributed by atoms with Gasteiger partial charge in [0.15, 0.2) is 5.13 Å². The van der Waals surface area contributed by atoms with Crippen LogP contribution in [0.4, 0.5) is 10.8 Å². The summed E-state index contributed by atoms with van der Waals surface area (Å²) < 4.78 is 1.89. The average molecular weight is 377 g/mol. The number of aromatic hydroxyl groups is 1. The second-order valence-electron chi connectivity index (χ2n) is 6.44. The molecule has 0 saturated carbocycles. The lowest BCUT2D eigenvalue weighted by Crippen LogP contribution is -1.95. The smallest absolute Gasteiger partial charge is 0.187 e. The summed E-state index contributed by atoms with van der Waals surface area (Å²) in [6.07, 6.45) is 5.51. The Bertz CT molecular complexity index is 1100. The van der Waals surface area contributed by atoms with Gasteiger partial charge in [0.25, 0.3) is 0 Å². The minimum absolute atomic E-state index is 0.303. The fourth-order valence-electron chi connectivity index (χ4n) is 2.75. The number of nitrogens with zero attached hydrogens (tertiary/aromatic N) is 4. The van der Waals surface area contributed by atoms with Crippen LogP contribution in [-0.2, 0) is 0 Å². The number of phenols is 1. The molecule has 0 radical (unpaired) electrons. The zero-order chi connectivity index (χ0) is 19.0. The molecular formula is C20H19N5OS. The van der Waals surface area contributed by atoms with Crippen LogP contribution >= 0.6 is 11.3 Å². The van der Waals surface area contributed by atoms with Crippen LogP contribution in [0.2, 0.25) is 0 Å². The van der Waals surface area contributed by atoms with E-state index in [1.807, 2.05) is 61.3 Å². The molecule has 2 N–H and O–H groups in total. The highest BCUT2D eigenvalue weighted by atomic mass is 32.1. The monoisotopic (exact) mass is 377 g/mol. The Morgan fingerprint density at radius 2 is 1.93 bits per heavy atom. The summed E-state index contributed by atoms with van der Waals surface area (Å²) >= 11 is 1.53. The molecule has 0 spiro atoms. The van der Waals surface area contributed by atoms with E-state index in [9.17, 15) is 5.11 Å². The number of nitrogens with one attached hydrogen (secondary N) is 1. The molecular weight excluding hydrogens is 358 g/mol. The first-order valence-electron chi connectivity index (χ1n) is 8.50. The summed E-state index contributed by atoms with van der Waals surface area (Å²) in [6.45, 7) is 5.78. The predicted molar refractivity (Wildman–Crippen MR) is 108 cm³/mol. The molecule has 0 amide bonds. The van der Waals surface area contributed by atoms with Crippen molar-refractivity contribution in [3.8, 4) is 22.8 Å². The lowest BCUT2D eigenvalue weighted by Gasteiger charge is -2.09. The molecule has 0 aliphatic heterocycles. The largest absolute Gasteiger partial charge is 0.508 e. The van der Waals surface area contributed by atoms with Crippen LogP contribution in [-0.4, -0.2) is 24.6 Å². The quantitative estimate of drug-likeness (QED) is 0.501. The van der Waals surface area contributed by atoms with Crippen molar-refractivity contribution < 1.29 is 5.11 Å². The summed E-state index contributed by atoms with van der Waals surface area (Å²) in [5, 5.41) is 15.9. The topological polar surface area (TPSA) is 75.9 Å². The Hall–Kier alpha value is -3.19. The minimum atomic E-state index is 0.303. The van der Waals surface area contributed by atoms with E-state index in [2.05, 4.69) is 20.3 Å². The summed E-state index contributed by atoms with van der Waals surface area (Å²) in [5.41, 5.74) is 5.52. The molecule has 136 valence electrons. The van der Waals surface area contributed by atoms with E-state index < -0.39 is 0 Å². The molecule has 1 aromatic carbocycles. The molecule has 0 unspecified atom stereocenters. The van der Waals surface area contributed by atoms with Gasteiger partial charge in [0.05, 0.1) is 11.4 Å². The van der Waals surface area contributed by atoms with E-state index in [1.165, 1.54) is 11.3 Å². The van der Waals surface area contributed by atoms with E-state index in [4.69, 9.17) is 0 Å². The van der Waals surface area contributed by atoms with Gasteiger partial charge in [0.2, 0.25) is 0 Å². The Balaban J connectivity index is 1.55. The maximum Gasteiger partial charge on any atom is 0.187 e. The van der Waals surface area contributed by atoms with Gasteiger partial charge in [-0.15, -0.1) is 11.3 Å². The van der Waals surface area contributed by atoms with Crippen molar-refractivity contribution in [2.75, 3.05) is 5.32 Å². The molecule has 0 atom stereocenters. The molecule has 4 rings (SSSR count). The van der Waals surface area contributed by atoms with E-state index in [-0.39, 0.29) is 0 Å². The van der Waals surface area contributed by atoms with Crippen molar-refractivity contribution in [3.63, 3.8) is 0 Å². The highest BCUT2D eigenvalue weighted by Crippen LogP contribution is 2.31. The van der Waals surface area contributed by atoms with Crippen molar-refractivity contribution in [3.05, 3.63) is 65.2 Å². The van der Waals surface area contributed by atoms with Crippen molar-refractivity contribution in [2.45, 2.75) is 20.8 Å². The Kier molecular flexibility index (Phi) is 4.37. The van der Waals surface area contributed by atoms with Crippen LogP contribution in [0.25, 0.3) is 17.1 Å². The number of benzene rings is 1. The van der Waals surface area contributed by atoms with Gasteiger partial charge in [0.1, 0.15) is 17.9 Å². The number of rotatable bonds is 4. The third-order valence-electron chi connectivity index (χ3n) is 4.31. The minimum Gasteiger partial charge on any atom is -0.508 e. The number of aryl methyl sites for hydroxylation is 3. The molecule has 0 aliphatic rings. The summed E-state index contributed by atoms with van der Waals surface area (Å²) in [4.78, 5) is 13.4. The standard InChI is InChI=1S/C20H19N5OS/c1-12-7-18(26)13(2)6-16(12)23-20-24-17(10-27-20)15-4-5-19(21-8-15)25-9-14(3)22-11-25/h4-11,26H,1-3H3,(H,23,24). The highest BCUT2D eigenvalue weighted by molar-refractivity contribution is 7.14. The van der Waals surface area contributed by atoms with Crippen LogP contribution in [0, 0.1) is 20.8 Å². The second-order valence-corrected chi connectivity index (χ2v) is 7.30. The maximum absolute atomic E-state index is 9.80. The Morgan fingerprint density at radius 1 is 1.07 bits per heavy atom. The first-order valence-corrected chi connectivity index (χ1v) is 9.38. The van der Waals surface area contributed by atoms with Crippen molar-refractivity contribution in [2.24, 2.45) is 0 Å². The van der Waals surface area contributed by atoms with Gasteiger partial charge in [-0.05, 0) is 56.2 Å². The zero-order valence-electron chi connectivity index (χ0n) is 15.3. The molecule has 27 heavy (non-hydrogen) atoms. The van der Waals surface area contributed by atoms with Gasteiger partial charge in [-0.1, -0.05) is 0 Å². The molecule has 6 nitrogen and oxygen atoms in total. The number of thiazole rings is 1. The predicted octanol–water partition coefficient (Wildman–Crippen LogP) is 4.77. The highest BCUT2D eigenvalue weighted by Gasteiger charge is 2.09. The molecule has 7 heteroatoms. The van der Waals surface area contributed by atoms with Gasteiger partial charge in [0, 0.05) is 29.0 Å². The number of anilines is 2. The number of phenolic OH excluding ortho intramolecular Hbond substituents is 1. The fraction of sp³-hybridized carbons (Fsp3) is 0.150. The molecule has 0 saturated heterocycles. The van der Waals surface area contributed by atoms with Crippen molar-refractivity contribution in [1.82, 2.24) is 19.5 Å².